The predicted octanol–water partition coefficient (Wildman–Crippen LogP) is 1.95. The molecule has 0 bridgehead atoms. The number of rotatable bonds is 4. The van der Waals surface area contributed by atoms with E-state index in [4.69, 9.17) is 0 Å². The Bertz CT molecular complexity index is 570. The molecular weight excluding hydrogens is 310 g/mol. The molecule has 0 aliphatic carbocycles. The van der Waals surface area contributed by atoms with Crippen LogP contribution in [0.4, 0.5) is 0 Å². The van der Waals surface area contributed by atoms with Crippen molar-refractivity contribution in [3.8, 4) is 5.82 Å². The van der Waals surface area contributed by atoms with Gasteiger partial charge in [-0.15, -0.1) is 10.2 Å². The summed E-state index contributed by atoms with van der Waals surface area (Å²) in [6.45, 7) is 3.99. The third-order valence-electron chi connectivity index (χ3n) is 2.76. The lowest BCUT2D eigenvalue weighted by atomic mass is 10.2. The van der Waals surface area contributed by atoms with E-state index in [1.165, 1.54) is 12.7 Å². The molecule has 1 amide bonds. The van der Waals surface area contributed by atoms with Gasteiger partial charge in [-0.3, -0.25) is 9.36 Å². The Balaban J connectivity index is 2.30. The third-order valence-corrected chi connectivity index (χ3v) is 3.39. The number of nitrogens with one attached hydrogen (secondary N) is 1. The zero-order valence-corrected chi connectivity index (χ0v) is 12.3. The van der Waals surface area contributed by atoms with Gasteiger partial charge >= 0.3 is 0 Å². The van der Waals surface area contributed by atoms with Crippen LogP contribution in [0.5, 0.6) is 0 Å². The summed E-state index contributed by atoms with van der Waals surface area (Å²) in [7, 11) is 0. The van der Waals surface area contributed by atoms with Gasteiger partial charge in [0.15, 0.2) is 0 Å². The van der Waals surface area contributed by atoms with E-state index in [0.717, 1.165) is 6.42 Å². The van der Waals surface area contributed by atoms with E-state index in [1.54, 1.807) is 16.8 Å². The Morgan fingerprint density at radius 3 is 2.79 bits per heavy atom. The standard InChI is InChI=1S/C12H14BrN5O/c1-3-8(2)17-12(19)9-4-11(14-5-10(9)13)18-6-15-16-7-18/h4-8H,3H2,1-2H3,(H,17,19)/t8-/m0/s1. The van der Waals surface area contributed by atoms with Gasteiger partial charge in [-0.1, -0.05) is 6.92 Å². The Hall–Kier alpha value is -1.76. The second-order valence-corrected chi connectivity index (χ2v) is 5.03. The highest BCUT2D eigenvalue weighted by Gasteiger charge is 2.14. The Labute approximate surface area is 119 Å². The maximum absolute atomic E-state index is 12.1. The van der Waals surface area contributed by atoms with Crippen molar-refractivity contribution < 1.29 is 4.79 Å². The van der Waals surface area contributed by atoms with Crippen molar-refractivity contribution in [2.24, 2.45) is 0 Å². The Kier molecular flexibility index (Phi) is 4.26. The van der Waals surface area contributed by atoms with Gasteiger partial charge in [0.2, 0.25) is 0 Å². The van der Waals surface area contributed by atoms with Crippen LogP contribution < -0.4 is 5.32 Å². The highest BCUT2D eigenvalue weighted by atomic mass is 79.9. The van der Waals surface area contributed by atoms with Crippen LogP contribution in [0.1, 0.15) is 30.6 Å². The van der Waals surface area contributed by atoms with E-state index in [2.05, 4.69) is 36.4 Å². The molecule has 6 nitrogen and oxygen atoms in total. The van der Waals surface area contributed by atoms with Crippen LogP contribution in [0, 0.1) is 0 Å². The van der Waals surface area contributed by atoms with E-state index in [9.17, 15) is 4.79 Å². The number of hydrogen-bond acceptors (Lipinski definition) is 4. The summed E-state index contributed by atoms with van der Waals surface area (Å²) in [5.74, 6) is 0.473. The molecule has 1 atom stereocenters. The molecule has 1 N–H and O–H groups in total. The first-order valence-corrected chi connectivity index (χ1v) is 6.72. The second-order valence-electron chi connectivity index (χ2n) is 4.17. The van der Waals surface area contributed by atoms with Crippen LogP contribution in [0.15, 0.2) is 29.4 Å². The molecule has 7 heteroatoms. The SMILES string of the molecule is CC[C@H](C)NC(=O)c1cc(-n2cnnc2)ncc1Br. The fraction of sp³-hybridized carbons (Fsp3) is 0.333. The van der Waals surface area contributed by atoms with Gasteiger partial charge in [-0.25, -0.2) is 4.98 Å². The summed E-state index contributed by atoms with van der Waals surface area (Å²) < 4.78 is 2.30. The van der Waals surface area contributed by atoms with Crippen molar-refractivity contribution >= 4 is 21.8 Å². The molecule has 0 aromatic carbocycles. The zero-order chi connectivity index (χ0) is 13.8. The van der Waals surface area contributed by atoms with E-state index in [0.29, 0.717) is 15.9 Å². The molecular formula is C12H14BrN5O. The van der Waals surface area contributed by atoms with E-state index in [1.807, 2.05) is 13.8 Å². The minimum atomic E-state index is -0.127. The quantitative estimate of drug-likeness (QED) is 0.933. The summed E-state index contributed by atoms with van der Waals surface area (Å²) in [5, 5.41) is 10.4. The fourth-order valence-corrected chi connectivity index (χ4v) is 1.86. The van der Waals surface area contributed by atoms with Gasteiger partial charge in [0.25, 0.3) is 5.91 Å². The van der Waals surface area contributed by atoms with Crippen LogP contribution in [-0.2, 0) is 0 Å². The minimum Gasteiger partial charge on any atom is -0.350 e. The number of nitrogens with zero attached hydrogens (tertiary/aromatic N) is 4. The van der Waals surface area contributed by atoms with Gasteiger partial charge in [0.05, 0.1) is 5.56 Å². The largest absolute Gasteiger partial charge is 0.350 e. The van der Waals surface area contributed by atoms with Gasteiger partial charge < -0.3 is 5.32 Å². The Morgan fingerprint density at radius 2 is 2.16 bits per heavy atom. The molecule has 0 spiro atoms. The molecule has 2 aromatic heterocycles. The van der Waals surface area contributed by atoms with Crippen LogP contribution in [0.3, 0.4) is 0 Å². The summed E-state index contributed by atoms with van der Waals surface area (Å²) >= 11 is 3.34. The molecule has 19 heavy (non-hydrogen) atoms. The van der Waals surface area contributed by atoms with E-state index in [-0.39, 0.29) is 11.9 Å². The summed E-state index contributed by atoms with van der Waals surface area (Å²) in [6.07, 6.45) is 5.55. The normalized spacial score (nSPS) is 12.2. The number of halogens is 1. The molecule has 2 aromatic rings. The second kappa shape index (κ2) is 5.92. The average molecular weight is 324 g/mol. The van der Waals surface area contributed by atoms with Crippen molar-refractivity contribution in [1.82, 2.24) is 25.1 Å². The van der Waals surface area contributed by atoms with Crippen molar-refractivity contribution in [3.63, 3.8) is 0 Å². The van der Waals surface area contributed by atoms with Crippen LogP contribution in [0.25, 0.3) is 5.82 Å². The number of aromatic nitrogens is 4. The molecule has 2 heterocycles. The topological polar surface area (TPSA) is 72.7 Å². The molecule has 0 aliphatic rings. The highest BCUT2D eigenvalue weighted by Crippen LogP contribution is 2.18. The number of hydrogen-bond donors (Lipinski definition) is 1. The minimum absolute atomic E-state index is 0.127. The predicted molar refractivity (Wildman–Crippen MR) is 74.1 cm³/mol. The molecule has 0 radical (unpaired) electrons. The number of amides is 1. The molecule has 0 unspecified atom stereocenters. The fourth-order valence-electron chi connectivity index (χ4n) is 1.47. The lowest BCUT2D eigenvalue weighted by Crippen LogP contribution is -2.32. The lowest BCUT2D eigenvalue weighted by Gasteiger charge is -2.13. The van der Waals surface area contributed by atoms with Gasteiger partial charge in [0, 0.05) is 16.7 Å². The molecule has 0 saturated carbocycles. The maximum Gasteiger partial charge on any atom is 0.252 e. The Morgan fingerprint density at radius 1 is 1.47 bits per heavy atom. The summed E-state index contributed by atoms with van der Waals surface area (Å²) in [4.78, 5) is 16.4. The number of carbonyl (C=O) groups excluding carboxylic acids is 1. The van der Waals surface area contributed by atoms with Crippen LogP contribution in [-0.4, -0.2) is 31.7 Å². The first-order valence-electron chi connectivity index (χ1n) is 5.93. The van der Waals surface area contributed by atoms with Gasteiger partial charge in [0.1, 0.15) is 18.5 Å². The van der Waals surface area contributed by atoms with Crippen molar-refractivity contribution in [2.75, 3.05) is 0 Å². The van der Waals surface area contributed by atoms with Gasteiger partial charge in [-0.05, 0) is 35.3 Å². The third kappa shape index (κ3) is 3.17. The average Bonchev–Trinajstić information content (AvgIpc) is 2.93. The van der Waals surface area contributed by atoms with Crippen molar-refractivity contribution in [3.05, 3.63) is 35.0 Å². The number of carbonyl (C=O) groups is 1. The monoisotopic (exact) mass is 323 g/mol. The molecule has 2 rings (SSSR count). The molecule has 0 aliphatic heterocycles. The van der Waals surface area contributed by atoms with Gasteiger partial charge in [-0.2, -0.15) is 0 Å². The van der Waals surface area contributed by atoms with E-state index < -0.39 is 0 Å². The zero-order valence-electron chi connectivity index (χ0n) is 10.7. The molecule has 0 fully saturated rings. The summed E-state index contributed by atoms with van der Waals surface area (Å²) in [6, 6.07) is 1.83. The smallest absolute Gasteiger partial charge is 0.252 e. The first-order chi connectivity index (χ1) is 9.11. The summed E-state index contributed by atoms with van der Waals surface area (Å²) in [5.41, 5.74) is 0.541. The lowest BCUT2D eigenvalue weighted by molar-refractivity contribution is 0.0938. The first kappa shape index (κ1) is 13.7. The van der Waals surface area contributed by atoms with Crippen molar-refractivity contribution in [1.29, 1.82) is 0 Å². The van der Waals surface area contributed by atoms with E-state index >= 15 is 0 Å². The maximum atomic E-state index is 12.1. The van der Waals surface area contributed by atoms with Crippen LogP contribution >= 0.6 is 15.9 Å². The van der Waals surface area contributed by atoms with Crippen molar-refractivity contribution in [2.45, 2.75) is 26.3 Å². The highest BCUT2D eigenvalue weighted by molar-refractivity contribution is 9.10. The number of pyridine rings is 1. The molecule has 0 saturated heterocycles. The van der Waals surface area contributed by atoms with Crippen LogP contribution in [0.2, 0.25) is 0 Å². The molecule has 100 valence electrons.